The number of rotatable bonds is 3. The molecule has 0 unspecified atom stereocenters. The average Bonchev–Trinajstić information content (AvgIpc) is 3.01. The maximum atomic E-state index is 12.1. The summed E-state index contributed by atoms with van der Waals surface area (Å²) in [6.07, 6.45) is 0.702. The maximum Gasteiger partial charge on any atom is 0.256 e. The number of thiophene rings is 1. The molecule has 2 aromatic heterocycles. The van der Waals surface area contributed by atoms with Crippen LogP contribution in [0.4, 0.5) is 5.69 Å². The Morgan fingerprint density at radius 2 is 2.14 bits per heavy atom. The zero-order valence-electron chi connectivity index (χ0n) is 12.4. The predicted octanol–water partition coefficient (Wildman–Crippen LogP) is 3.71. The maximum absolute atomic E-state index is 12.1. The standard InChI is InChI=1S/C17H16N2O2S/c1-3-13-10(2)14-5-4-12(8-15(14)19-17(13)21)18-16(20)11-6-7-22-9-11/h4-9H,3H2,1-2H3,(H,18,20)(H,19,21). The van der Waals surface area contributed by atoms with Gasteiger partial charge in [-0.3, -0.25) is 9.59 Å². The SMILES string of the molecule is CCc1c(C)c2ccc(NC(=O)c3ccsc3)cc2[nH]c1=O. The number of aromatic amines is 1. The van der Waals surface area contributed by atoms with Crippen molar-refractivity contribution in [2.24, 2.45) is 0 Å². The van der Waals surface area contributed by atoms with Crippen molar-refractivity contribution in [1.82, 2.24) is 4.98 Å². The fourth-order valence-electron chi connectivity index (χ4n) is 2.61. The summed E-state index contributed by atoms with van der Waals surface area (Å²) in [5.74, 6) is -0.148. The van der Waals surface area contributed by atoms with Crippen molar-refractivity contribution >= 4 is 33.8 Å². The van der Waals surface area contributed by atoms with Crippen LogP contribution < -0.4 is 10.9 Å². The number of hydrogen-bond acceptors (Lipinski definition) is 3. The minimum atomic E-state index is -0.148. The van der Waals surface area contributed by atoms with Crippen LogP contribution in [0.25, 0.3) is 10.9 Å². The molecule has 5 heteroatoms. The minimum Gasteiger partial charge on any atom is -0.322 e. The van der Waals surface area contributed by atoms with E-state index in [2.05, 4.69) is 10.3 Å². The van der Waals surface area contributed by atoms with Gasteiger partial charge < -0.3 is 10.3 Å². The smallest absolute Gasteiger partial charge is 0.256 e. The first-order valence-electron chi connectivity index (χ1n) is 7.09. The van der Waals surface area contributed by atoms with Crippen LogP contribution in [0.15, 0.2) is 39.8 Å². The molecular formula is C17H16N2O2S. The Hall–Kier alpha value is -2.40. The van der Waals surface area contributed by atoms with Gasteiger partial charge in [-0.15, -0.1) is 0 Å². The van der Waals surface area contributed by atoms with E-state index in [9.17, 15) is 9.59 Å². The molecule has 0 aliphatic heterocycles. The summed E-state index contributed by atoms with van der Waals surface area (Å²) in [7, 11) is 0. The molecule has 0 spiro atoms. The van der Waals surface area contributed by atoms with E-state index in [0.717, 1.165) is 22.0 Å². The van der Waals surface area contributed by atoms with Crippen molar-refractivity contribution in [2.75, 3.05) is 5.32 Å². The second-order valence-electron chi connectivity index (χ2n) is 5.14. The van der Waals surface area contributed by atoms with Gasteiger partial charge in [0.15, 0.2) is 0 Å². The van der Waals surface area contributed by atoms with Gasteiger partial charge in [-0.2, -0.15) is 11.3 Å². The first kappa shape index (κ1) is 14.5. The van der Waals surface area contributed by atoms with E-state index in [-0.39, 0.29) is 11.5 Å². The zero-order chi connectivity index (χ0) is 15.7. The molecule has 2 heterocycles. The highest BCUT2D eigenvalue weighted by molar-refractivity contribution is 7.08. The fourth-order valence-corrected chi connectivity index (χ4v) is 3.24. The largest absolute Gasteiger partial charge is 0.322 e. The average molecular weight is 312 g/mol. The number of aryl methyl sites for hydroxylation is 1. The summed E-state index contributed by atoms with van der Waals surface area (Å²) in [6.45, 7) is 3.93. The summed E-state index contributed by atoms with van der Waals surface area (Å²) >= 11 is 1.48. The molecule has 4 nitrogen and oxygen atoms in total. The van der Waals surface area contributed by atoms with Crippen LogP contribution in [0.1, 0.15) is 28.4 Å². The van der Waals surface area contributed by atoms with Crippen LogP contribution in [-0.2, 0) is 6.42 Å². The topological polar surface area (TPSA) is 62.0 Å². The highest BCUT2D eigenvalue weighted by atomic mass is 32.1. The molecule has 22 heavy (non-hydrogen) atoms. The first-order chi connectivity index (χ1) is 10.6. The molecule has 0 aliphatic rings. The third kappa shape index (κ3) is 2.55. The van der Waals surface area contributed by atoms with Gasteiger partial charge in [-0.1, -0.05) is 13.0 Å². The number of carbonyl (C=O) groups excluding carboxylic acids is 1. The van der Waals surface area contributed by atoms with Crippen LogP contribution >= 0.6 is 11.3 Å². The Balaban J connectivity index is 2.00. The summed E-state index contributed by atoms with van der Waals surface area (Å²) < 4.78 is 0. The molecule has 3 aromatic rings. The normalized spacial score (nSPS) is 10.8. The molecule has 0 bridgehead atoms. The van der Waals surface area contributed by atoms with Crippen molar-refractivity contribution in [3.63, 3.8) is 0 Å². The number of pyridine rings is 1. The second kappa shape index (κ2) is 5.77. The number of anilines is 1. The Labute approximate surface area is 131 Å². The number of amides is 1. The van der Waals surface area contributed by atoms with E-state index < -0.39 is 0 Å². The van der Waals surface area contributed by atoms with Gasteiger partial charge in [0.2, 0.25) is 0 Å². The number of fused-ring (bicyclic) bond motifs is 1. The van der Waals surface area contributed by atoms with Crippen molar-refractivity contribution in [2.45, 2.75) is 20.3 Å². The van der Waals surface area contributed by atoms with Crippen LogP contribution in [0.2, 0.25) is 0 Å². The number of nitrogens with one attached hydrogen (secondary N) is 2. The third-order valence-corrected chi connectivity index (χ3v) is 4.48. The summed E-state index contributed by atoms with van der Waals surface area (Å²) in [5.41, 5.74) is 3.79. The number of H-pyrrole nitrogens is 1. The van der Waals surface area contributed by atoms with Gasteiger partial charge in [0, 0.05) is 22.0 Å². The number of carbonyl (C=O) groups is 1. The molecule has 2 N–H and O–H groups in total. The van der Waals surface area contributed by atoms with E-state index >= 15 is 0 Å². The lowest BCUT2D eigenvalue weighted by molar-refractivity contribution is 0.102. The van der Waals surface area contributed by atoms with Gasteiger partial charge >= 0.3 is 0 Å². The van der Waals surface area contributed by atoms with Gasteiger partial charge in [0.1, 0.15) is 0 Å². The predicted molar refractivity (Wildman–Crippen MR) is 91.0 cm³/mol. The molecule has 3 rings (SSSR count). The Bertz CT molecular complexity index is 895. The van der Waals surface area contributed by atoms with Crippen LogP contribution in [0.5, 0.6) is 0 Å². The van der Waals surface area contributed by atoms with Gasteiger partial charge in [0.05, 0.1) is 11.1 Å². The van der Waals surface area contributed by atoms with Gasteiger partial charge in [-0.25, -0.2) is 0 Å². The molecule has 1 aromatic carbocycles. The second-order valence-corrected chi connectivity index (χ2v) is 5.92. The lowest BCUT2D eigenvalue weighted by atomic mass is 10.0. The Morgan fingerprint density at radius 1 is 1.32 bits per heavy atom. The van der Waals surface area contributed by atoms with Crippen molar-refractivity contribution in [3.05, 3.63) is 62.1 Å². The molecule has 0 saturated heterocycles. The zero-order valence-corrected chi connectivity index (χ0v) is 13.2. The monoisotopic (exact) mass is 312 g/mol. The van der Waals surface area contributed by atoms with Gasteiger partial charge in [-0.05, 0) is 42.5 Å². The van der Waals surface area contributed by atoms with E-state index in [1.807, 2.05) is 31.4 Å². The van der Waals surface area contributed by atoms with E-state index in [1.54, 1.807) is 17.5 Å². The number of hydrogen-bond donors (Lipinski definition) is 2. The van der Waals surface area contributed by atoms with E-state index in [4.69, 9.17) is 0 Å². The molecule has 0 aliphatic carbocycles. The highest BCUT2D eigenvalue weighted by Gasteiger charge is 2.10. The molecular weight excluding hydrogens is 296 g/mol. The summed E-state index contributed by atoms with van der Waals surface area (Å²) in [5, 5.41) is 7.52. The third-order valence-electron chi connectivity index (χ3n) is 3.79. The minimum absolute atomic E-state index is 0.0613. The van der Waals surface area contributed by atoms with E-state index in [1.165, 1.54) is 11.3 Å². The summed E-state index contributed by atoms with van der Waals surface area (Å²) in [4.78, 5) is 27.0. The quantitative estimate of drug-likeness (QED) is 0.774. The molecule has 1 amide bonds. The van der Waals surface area contributed by atoms with Crippen molar-refractivity contribution in [1.29, 1.82) is 0 Å². The van der Waals surface area contributed by atoms with Crippen molar-refractivity contribution < 1.29 is 4.79 Å². The molecule has 0 radical (unpaired) electrons. The Kier molecular flexibility index (Phi) is 3.81. The first-order valence-corrected chi connectivity index (χ1v) is 8.03. The van der Waals surface area contributed by atoms with Crippen LogP contribution in [0, 0.1) is 6.92 Å². The van der Waals surface area contributed by atoms with Gasteiger partial charge in [0.25, 0.3) is 11.5 Å². The van der Waals surface area contributed by atoms with E-state index in [0.29, 0.717) is 17.7 Å². The van der Waals surface area contributed by atoms with Crippen LogP contribution in [-0.4, -0.2) is 10.9 Å². The highest BCUT2D eigenvalue weighted by Crippen LogP contribution is 2.22. The molecule has 0 fully saturated rings. The lowest BCUT2D eigenvalue weighted by Gasteiger charge is -2.09. The Morgan fingerprint density at radius 3 is 2.82 bits per heavy atom. The fraction of sp³-hybridized carbons (Fsp3) is 0.176. The molecule has 0 atom stereocenters. The van der Waals surface area contributed by atoms with Crippen LogP contribution in [0.3, 0.4) is 0 Å². The lowest BCUT2D eigenvalue weighted by Crippen LogP contribution is -2.15. The molecule has 0 saturated carbocycles. The number of benzene rings is 1. The molecule has 112 valence electrons. The van der Waals surface area contributed by atoms with Crippen molar-refractivity contribution in [3.8, 4) is 0 Å². The number of aromatic nitrogens is 1. The summed E-state index contributed by atoms with van der Waals surface area (Å²) in [6, 6.07) is 7.37.